The van der Waals surface area contributed by atoms with Crippen LogP contribution in [-0.2, 0) is 9.53 Å². The van der Waals surface area contributed by atoms with Gasteiger partial charge in [0.05, 0.1) is 0 Å². The van der Waals surface area contributed by atoms with Crippen molar-refractivity contribution in [3.63, 3.8) is 0 Å². The van der Waals surface area contributed by atoms with Crippen LogP contribution in [0.4, 0.5) is 0 Å². The molecule has 0 saturated heterocycles. The zero-order chi connectivity index (χ0) is 35.5. The number of fused-ring (bicyclic) bond motifs is 5. The van der Waals surface area contributed by atoms with Crippen molar-refractivity contribution in [2.75, 3.05) is 0 Å². The first-order valence-corrected chi connectivity index (χ1v) is 21.8. The predicted molar refractivity (Wildman–Crippen MR) is 205 cm³/mol. The van der Waals surface area contributed by atoms with Gasteiger partial charge in [-0.1, -0.05) is 156 Å². The first kappa shape index (κ1) is 40.9. The number of allylic oxidation sites excluding steroid dienone is 1. The number of aliphatic hydroxyl groups is 2. The first-order valence-electron chi connectivity index (χ1n) is 21.8. The van der Waals surface area contributed by atoms with Crippen LogP contribution in [0.2, 0.25) is 0 Å². The first-order chi connectivity index (χ1) is 23.4. The Labute approximate surface area is 303 Å². The van der Waals surface area contributed by atoms with Crippen molar-refractivity contribution in [2.45, 2.75) is 220 Å². The van der Waals surface area contributed by atoms with Gasteiger partial charge in [-0.05, 0) is 97.7 Å². The molecule has 0 spiro atoms. The predicted octanol–water partition coefficient (Wildman–Crippen LogP) is 12.5. The molecule has 0 bridgehead atoms. The summed E-state index contributed by atoms with van der Waals surface area (Å²) >= 11 is 0. The maximum absolute atomic E-state index is 13.0. The molecule has 0 unspecified atom stereocenters. The van der Waals surface area contributed by atoms with Crippen LogP contribution in [0.1, 0.15) is 208 Å². The van der Waals surface area contributed by atoms with Crippen molar-refractivity contribution in [1.82, 2.24) is 0 Å². The van der Waals surface area contributed by atoms with Crippen molar-refractivity contribution >= 4 is 5.97 Å². The number of rotatable bonds is 22. The molecule has 4 heteroatoms. The van der Waals surface area contributed by atoms with Gasteiger partial charge in [0.15, 0.2) is 0 Å². The third-order valence-electron chi connectivity index (χ3n) is 14.7. The zero-order valence-electron chi connectivity index (χ0n) is 33.2. The average Bonchev–Trinajstić information content (AvgIpc) is 3.42. The van der Waals surface area contributed by atoms with Crippen molar-refractivity contribution in [1.29, 1.82) is 0 Å². The molecule has 4 aliphatic carbocycles. The fourth-order valence-electron chi connectivity index (χ4n) is 11.7. The third-order valence-corrected chi connectivity index (χ3v) is 14.7. The Morgan fingerprint density at radius 1 is 0.796 bits per heavy atom. The highest BCUT2D eigenvalue weighted by atomic mass is 16.6. The van der Waals surface area contributed by atoms with Gasteiger partial charge in [-0.25, -0.2) is 4.79 Å². The molecule has 0 aromatic rings. The van der Waals surface area contributed by atoms with Gasteiger partial charge in [-0.3, -0.25) is 0 Å². The summed E-state index contributed by atoms with van der Waals surface area (Å²) in [4.78, 5) is 13.0. The molecule has 0 aromatic carbocycles. The van der Waals surface area contributed by atoms with E-state index in [0.29, 0.717) is 11.8 Å². The molecule has 4 nitrogen and oxygen atoms in total. The second kappa shape index (κ2) is 19.3. The Bertz CT molecular complexity index is 1020. The Hall–Kier alpha value is -0.870. The van der Waals surface area contributed by atoms with E-state index in [1.165, 1.54) is 128 Å². The number of esters is 1. The van der Waals surface area contributed by atoms with Crippen molar-refractivity contribution in [2.24, 2.45) is 46.3 Å². The van der Waals surface area contributed by atoms with E-state index >= 15 is 0 Å². The molecule has 0 heterocycles. The third kappa shape index (κ3) is 10.8. The molecular weight excluding hydrogens is 604 g/mol. The lowest BCUT2D eigenvalue weighted by molar-refractivity contribution is -0.217. The van der Waals surface area contributed by atoms with E-state index in [0.717, 1.165) is 67.6 Å². The standard InChI is InChI=1S/C45H80O4/c1-7-8-9-10-11-12-13-14-15-16-17-18-19-20-30-45(47,48)42(46)49-37-28-31-43(5)36(33-37)24-25-38-40-27-26-39(35(4)23-21-22-34(2)3)44(40,6)32-29-41(38)43/h24,34-35,37-41,47-48H,7-23,25-33H2,1-6H3/t35-,37+,38+,39-,40+,41+,43+,44-/m1/s1. The summed E-state index contributed by atoms with van der Waals surface area (Å²) in [5.74, 6) is 1.67. The van der Waals surface area contributed by atoms with E-state index in [-0.39, 0.29) is 17.9 Å². The molecule has 8 atom stereocenters. The lowest BCUT2D eigenvalue weighted by Gasteiger charge is -2.58. The molecule has 284 valence electrons. The van der Waals surface area contributed by atoms with Crippen molar-refractivity contribution in [3.8, 4) is 0 Å². The minimum absolute atomic E-state index is 0.0677. The summed E-state index contributed by atoms with van der Waals surface area (Å²) in [6, 6.07) is 0. The molecule has 0 radical (unpaired) electrons. The molecule has 49 heavy (non-hydrogen) atoms. The average molecular weight is 685 g/mol. The van der Waals surface area contributed by atoms with E-state index in [2.05, 4.69) is 47.6 Å². The molecule has 4 rings (SSSR count). The minimum atomic E-state index is -2.37. The highest BCUT2D eigenvalue weighted by Gasteiger charge is 2.59. The lowest BCUT2D eigenvalue weighted by Crippen LogP contribution is -2.51. The lowest BCUT2D eigenvalue weighted by atomic mass is 9.47. The van der Waals surface area contributed by atoms with Crippen LogP contribution in [0.3, 0.4) is 0 Å². The zero-order valence-corrected chi connectivity index (χ0v) is 33.2. The largest absolute Gasteiger partial charge is 0.458 e. The van der Waals surface area contributed by atoms with E-state index in [1.807, 2.05) is 0 Å². The fourth-order valence-corrected chi connectivity index (χ4v) is 11.7. The number of hydrogen-bond donors (Lipinski definition) is 2. The molecule has 3 saturated carbocycles. The maximum atomic E-state index is 13.0. The number of carbonyl (C=O) groups is 1. The Morgan fingerprint density at radius 2 is 1.41 bits per heavy atom. The van der Waals surface area contributed by atoms with Crippen LogP contribution in [0.5, 0.6) is 0 Å². The number of ether oxygens (including phenoxy) is 1. The molecule has 4 aliphatic rings. The van der Waals surface area contributed by atoms with Gasteiger partial charge in [0.1, 0.15) is 6.10 Å². The van der Waals surface area contributed by atoms with Crippen molar-refractivity contribution < 1.29 is 19.7 Å². The smallest absolute Gasteiger partial charge is 0.366 e. The van der Waals surface area contributed by atoms with E-state index < -0.39 is 11.8 Å². The second-order valence-corrected chi connectivity index (χ2v) is 18.7. The molecule has 2 N–H and O–H groups in total. The summed E-state index contributed by atoms with van der Waals surface area (Å²) in [6.07, 6.45) is 33.2. The highest BCUT2D eigenvalue weighted by Crippen LogP contribution is 2.67. The van der Waals surface area contributed by atoms with Crippen LogP contribution in [0.15, 0.2) is 11.6 Å². The van der Waals surface area contributed by atoms with Crippen LogP contribution in [0, 0.1) is 46.3 Å². The monoisotopic (exact) mass is 685 g/mol. The van der Waals surface area contributed by atoms with Gasteiger partial charge in [0.25, 0.3) is 5.79 Å². The second-order valence-electron chi connectivity index (χ2n) is 18.7. The van der Waals surface area contributed by atoms with Gasteiger partial charge in [-0.2, -0.15) is 0 Å². The van der Waals surface area contributed by atoms with Gasteiger partial charge in [0.2, 0.25) is 0 Å². The van der Waals surface area contributed by atoms with Gasteiger partial charge >= 0.3 is 5.97 Å². The van der Waals surface area contributed by atoms with Crippen molar-refractivity contribution in [3.05, 3.63) is 11.6 Å². The normalized spacial score (nSPS) is 31.9. The number of unbranched alkanes of at least 4 members (excludes halogenated alkanes) is 13. The van der Waals surface area contributed by atoms with E-state index in [4.69, 9.17) is 4.74 Å². The molecular formula is C45H80O4. The summed E-state index contributed by atoms with van der Waals surface area (Å²) in [7, 11) is 0. The quantitative estimate of drug-likeness (QED) is 0.0515. The fraction of sp³-hybridized carbons (Fsp3) is 0.933. The van der Waals surface area contributed by atoms with Gasteiger partial charge < -0.3 is 14.9 Å². The van der Waals surface area contributed by atoms with Gasteiger partial charge in [0, 0.05) is 12.8 Å². The number of hydrogen-bond acceptors (Lipinski definition) is 4. The van der Waals surface area contributed by atoms with E-state index in [1.54, 1.807) is 0 Å². The SMILES string of the molecule is CCCCCCCCCCCCCCCCC(O)(O)C(=O)O[C@H]1CC[C@@]2(C)C(=CC[C@H]3[C@@H]4CC[C@H]([C@H](C)CCCC(C)C)[C@@]4(C)CC[C@@H]32)C1. The topological polar surface area (TPSA) is 66.8 Å². The van der Waals surface area contributed by atoms with Gasteiger partial charge in [-0.15, -0.1) is 0 Å². The Kier molecular flexibility index (Phi) is 16.1. The summed E-state index contributed by atoms with van der Waals surface area (Å²) in [6.45, 7) is 14.7. The van der Waals surface area contributed by atoms with Crippen LogP contribution in [0.25, 0.3) is 0 Å². The number of carbonyl (C=O) groups excluding carboxylic acids is 1. The van der Waals surface area contributed by atoms with E-state index in [9.17, 15) is 15.0 Å². The Balaban J connectivity index is 1.16. The van der Waals surface area contributed by atoms with Crippen LogP contribution < -0.4 is 0 Å². The maximum Gasteiger partial charge on any atom is 0.366 e. The molecule has 0 aliphatic heterocycles. The summed E-state index contributed by atoms with van der Waals surface area (Å²) in [5.41, 5.74) is 2.16. The molecule has 0 amide bonds. The van der Waals surface area contributed by atoms with Crippen LogP contribution in [-0.4, -0.2) is 28.1 Å². The molecule has 0 aromatic heterocycles. The highest BCUT2D eigenvalue weighted by molar-refractivity contribution is 5.77. The van der Waals surface area contributed by atoms with Crippen LogP contribution >= 0.6 is 0 Å². The molecule has 3 fully saturated rings. The summed E-state index contributed by atoms with van der Waals surface area (Å²) in [5, 5.41) is 21.3. The minimum Gasteiger partial charge on any atom is -0.458 e. The Morgan fingerprint density at radius 3 is 2.02 bits per heavy atom. The summed E-state index contributed by atoms with van der Waals surface area (Å²) < 4.78 is 5.85.